The Bertz CT molecular complexity index is 466. The smallest absolute Gasteiger partial charge is 0.258 e. The van der Waals surface area contributed by atoms with Crippen molar-refractivity contribution in [3.63, 3.8) is 0 Å². The predicted octanol–water partition coefficient (Wildman–Crippen LogP) is 1.71. The van der Waals surface area contributed by atoms with Crippen molar-refractivity contribution in [2.24, 2.45) is 11.7 Å². The number of nitrogens with one attached hydrogen (secondary N) is 1. The van der Waals surface area contributed by atoms with Gasteiger partial charge in [0.05, 0.1) is 5.02 Å². The maximum absolute atomic E-state index is 12.8. The summed E-state index contributed by atoms with van der Waals surface area (Å²) in [7, 11) is 0. The number of rotatable bonds is 6. The Morgan fingerprint density at radius 2 is 2.32 bits per heavy atom. The van der Waals surface area contributed by atoms with Crippen molar-refractivity contribution < 1.29 is 13.9 Å². The van der Waals surface area contributed by atoms with Crippen molar-refractivity contribution in [3.05, 3.63) is 29.0 Å². The van der Waals surface area contributed by atoms with Crippen LogP contribution in [0.5, 0.6) is 5.75 Å². The van der Waals surface area contributed by atoms with E-state index >= 15 is 0 Å². The first-order chi connectivity index (χ1) is 9.10. The highest BCUT2D eigenvalue weighted by Crippen LogP contribution is 2.32. The molecule has 6 heteroatoms. The van der Waals surface area contributed by atoms with E-state index in [-0.39, 0.29) is 29.3 Å². The van der Waals surface area contributed by atoms with Gasteiger partial charge in [0.1, 0.15) is 11.6 Å². The molecule has 1 fully saturated rings. The Balaban J connectivity index is 1.82. The molecule has 1 saturated carbocycles. The highest BCUT2D eigenvalue weighted by molar-refractivity contribution is 6.32. The molecule has 1 aliphatic rings. The third-order valence-corrected chi connectivity index (χ3v) is 3.34. The minimum Gasteiger partial charge on any atom is -0.482 e. The SMILES string of the molecule is NCC(NC(=O)COc1ccc(F)cc1Cl)C1CC1. The molecule has 1 amide bonds. The third-order valence-electron chi connectivity index (χ3n) is 3.04. The maximum atomic E-state index is 12.8. The average Bonchev–Trinajstić information content (AvgIpc) is 3.19. The summed E-state index contributed by atoms with van der Waals surface area (Å²) in [5.41, 5.74) is 5.59. The highest BCUT2D eigenvalue weighted by atomic mass is 35.5. The van der Waals surface area contributed by atoms with Gasteiger partial charge in [-0.05, 0) is 37.0 Å². The average molecular weight is 287 g/mol. The van der Waals surface area contributed by atoms with Crippen molar-refractivity contribution in [2.75, 3.05) is 13.2 Å². The first kappa shape index (κ1) is 14.1. The molecule has 3 N–H and O–H groups in total. The van der Waals surface area contributed by atoms with E-state index in [1.807, 2.05) is 0 Å². The molecule has 0 heterocycles. The second-order valence-electron chi connectivity index (χ2n) is 4.61. The number of amides is 1. The van der Waals surface area contributed by atoms with Gasteiger partial charge in [-0.1, -0.05) is 11.6 Å². The highest BCUT2D eigenvalue weighted by Gasteiger charge is 2.31. The molecule has 1 aliphatic carbocycles. The topological polar surface area (TPSA) is 64.3 Å². The lowest BCUT2D eigenvalue weighted by atomic mass is 10.2. The largest absolute Gasteiger partial charge is 0.482 e. The number of benzene rings is 1. The fraction of sp³-hybridized carbons (Fsp3) is 0.462. The Morgan fingerprint density at radius 3 is 2.89 bits per heavy atom. The molecule has 0 aromatic heterocycles. The number of ether oxygens (including phenoxy) is 1. The van der Waals surface area contributed by atoms with Gasteiger partial charge in [0.25, 0.3) is 5.91 Å². The molecule has 1 unspecified atom stereocenters. The Hall–Kier alpha value is -1.33. The summed E-state index contributed by atoms with van der Waals surface area (Å²) in [6.45, 7) is 0.266. The predicted molar refractivity (Wildman–Crippen MR) is 70.6 cm³/mol. The lowest BCUT2D eigenvalue weighted by Gasteiger charge is -2.16. The fourth-order valence-electron chi connectivity index (χ4n) is 1.85. The molecular weight excluding hydrogens is 271 g/mol. The Labute approximate surface area is 116 Å². The summed E-state index contributed by atoms with van der Waals surface area (Å²) < 4.78 is 18.1. The second-order valence-corrected chi connectivity index (χ2v) is 5.02. The lowest BCUT2D eigenvalue weighted by molar-refractivity contribution is -0.123. The van der Waals surface area contributed by atoms with Crippen LogP contribution in [-0.2, 0) is 4.79 Å². The summed E-state index contributed by atoms with van der Waals surface area (Å²) in [4.78, 5) is 11.7. The van der Waals surface area contributed by atoms with Gasteiger partial charge in [0.15, 0.2) is 6.61 Å². The van der Waals surface area contributed by atoms with Crippen LogP contribution in [0, 0.1) is 11.7 Å². The van der Waals surface area contributed by atoms with E-state index in [4.69, 9.17) is 22.1 Å². The van der Waals surface area contributed by atoms with Crippen molar-refractivity contribution in [1.29, 1.82) is 0 Å². The zero-order valence-electron chi connectivity index (χ0n) is 10.4. The Morgan fingerprint density at radius 1 is 1.58 bits per heavy atom. The van der Waals surface area contributed by atoms with Gasteiger partial charge < -0.3 is 15.8 Å². The number of hydrogen-bond donors (Lipinski definition) is 2. The van der Waals surface area contributed by atoms with Crippen LogP contribution in [0.25, 0.3) is 0 Å². The van der Waals surface area contributed by atoms with Gasteiger partial charge in [-0.2, -0.15) is 0 Å². The summed E-state index contributed by atoms with van der Waals surface area (Å²) in [5, 5.41) is 2.97. The standard InChI is InChI=1S/C13H16ClFN2O2/c14-10-5-9(15)3-4-12(10)19-7-13(18)17-11(6-16)8-1-2-8/h3-5,8,11H,1-2,6-7,16H2,(H,17,18). The molecular formula is C13H16ClFN2O2. The van der Waals surface area contributed by atoms with E-state index in [1.54, 1.807) is 0 Å². The van der Waals surface area contributed by atoms with Crippen molar-refractivity contribution >= 4 is 17.5 Å². The van der Waals surface area contributed by atoms with Crippen LogP contribution in [0.2, 0.25) is 5.02 Å². The summed E-state index contributed by atoms with van der Waals surface area (Å²) in [5.74, 6) is 0.0822. The van der Waals surface area contributed by atoms with Crippen molar-refractivity contribution in [3.8, 4) is 5.75 Å². The van der Waals surface area contributed by atoms with Crippen LogP contribution >= 0.6 is 11.6 Å². The molecule has 19 heavy (non-hydrogen) atoms. The molecule has 2 rings (SSSR count). The summed E-state index contributed by atoms with van der Waals surface area (Å²) in [6, 6.07) is 3.78. The first-order valence-corrected chi connectivity index (χ1v) is 6.55. The van der Waals surface area contributed by atoms with E-state index in [9.17, 15) is 9.18 Å². The zero-order valence-corrected chi connectivity index (χ0v) is 11.1. The summed E-state index contributed by atoms with van der Waals surface area (Å²) in [6.07, 6.45) is 2.21. The summed E-state index contributed by atoms with van der Waals surface area (Å²) >= 11 is 5.79. The number of hydrogen-bond acceptors (Lipinski definition) is 3. The second kappa shape index (κ2) is 6.21. The van der Waals surface area contributed by atoms with Gasteiger partial charge in [-0.3, -0.25) is 4.79 Å². The van der Waals surface area contributed by atoms with Gasteiger partial charge in [-0.15, -0.1) is 0 Å². The normalized spacial score (nSPS) is 15.9. The van der Waals surface area contributed by atoms with Crippen LogP contribution in [0.15, 0.2) is 18.2 Å². The minimum atomic E-state index is -0.446. The fourth-order valence-corrected chi connectivity index (χ4v) is 2.07. The quantitative estimate of drug-likeness (QED) is 0.837. The molecule has 1 aromatic rings. The van der Waals surface area contributed by atoms with Crippen LogP contribution in [0.3, 0.4) is 0 Å². The Kier molecular flexibility index (Phi) is 4.61. The molecule has 1 atom stereocenters. The molecule has 0 radical (unpaired) electrons. The minimum absolute atomic E-state index is 0.0137. The van der Waals surface area contributed by atoms with Crippen molar-refractivity contribution in [2.45, 2.75) is 18.9 Å². The molecule has 0 saturated heterocycles. The molecule has 0 bridgehead atoms. The third kappa shape index (κ3) is 4.08. The number of halogens is 2. The van der Waals surface area contributed by atoms with Gasteiger partial charge in [0, 0.05) is 12.6 Å². The number of nitrogens with two attached hydrogens (primary N) is 1. The molecule has 4 nitrogen and oxygen atoms in total. The van der Waals surface area contributed by atoms with E-state index in [1.165, 1.54) is 12.1 Å². The van der Waals surface area contributed by atoms with Crippen LogP contribution < -0.4 is 15.8 Å². The lowest BCUT2D eigenvalue weighted by Crippen LogP contribution is -2.43. The molecule has 0 aliphatic heterocycles. The van der Waals surface area contributed by atoms with Crippen molar-refractivity contribution in [1.82, 2.24) is 5.32 Å². The van der Waals surface area contributed by atoms with Gasteiger partial charge in [0.2, 0.25) is 0 Å². The zero-order chi connectivity index (χ0) is 13.8. The van der Waals surface area contributed by atoms with Gasteiger partial charge in [-0.25, -0.2) is 4.39 Å². The maximum Gasteiger partial charge on any atom is 0.258 e. The monoisotopic (exact) mass is 286 g/mol. The van der Waals surface area contributed by atoms with E-state index < -0.39 is 5.82 Å². The number of carbonyl (C=O) groups excluding carboxylic acids is 1. The van der Waals surface area contributed by atoms with Crippen LogP contribution in [0.4, 0.5) is 4.39 Å². The van der Waals surface area contributed by atoms with E-state index in [2.05, 4.69) is 5.32 Å². The van der Waals surface area contributed by atoms with Gasteiger partial charge >= 0.3 is 0 Å². The van der Waals surface area contributed by atoms with E-state index in [0.717, 1.165) is 18.9 Å². The van der Waals surface area contributed by atoms with Crippen LogP contribution in [0.1, 0.15) is 12.8 Å². The molecule has 104 valence electrons. The number of carbonyl (C=O) groups is 1. The molecule has 0 spiro atoms. The van der Waals surface area contributed by atoms with Crippen LogP contribution in [-0.4, -0.2) is 25.1 Å². The van der Waals surface area contributed by atoms with E-state index in [0.29, 0.717) is 12.5 Å². The first-order valence-electron chi connectivity index (χ1n) is 6.17. The molecule has 1 aromatic carbocycles.